The van der Waals surface area contributed by atoms with Crippen molar-refractivity contribution in [1.29, 1.82) is 0 Å². The van der Waals surface area contributed by atoms with Crippen molar-refractivity contribution in [1.82, 2.24) is 4.98 Å². The summed E-state index contributed by atoms with van der Waals surface area (Å²) in [6, 6.07) is 11.0. The van der Waals surface area contributed by atoms with E-state index in [4.69, 9.17) is 4.74 Å². The van der Waals surface area contributed by atoms with E-state index in [1.807, 2.05) is 31.2 Å². The number of Topliss-reactive ketones (excluding diaryl/α,β-unsaturated/α-hetero) is 1. The summed E-state index contributed by atoms with van der Waals surface area (Å²) < 4.78 is 4.90. The average Bonchev–Trinajstić information content (AvgIpc) is 2.54. The SMILES string of the molecule is CCOC(=O)c1ccc(CCC(=O)c2ccc(C)cc2)nc1. The second kappa shape index (κ2) is 7.50. The van der Waals surface area contributed by atoms with Crippen LogP contribution in [0.1, 0.15) is 45.3 Å². The molecule has 0 aliphatic rings. The molecule has 0 saturated heterocycles. The Bertz CT molecular complexity index is 645. The molecule has 0 radical (unpaired) electrons. The van der Waals surface area contributed by atoms with Crippen molar-refractivity contribution in [3.63, 3.8) is 0 Å². The number of ether oxygens (including phenoxy) is 1. The smallest absolute Gasteiger partial charge is 0.339 e. The van der Waals surface area contributed by atoms with Crippen molar-refractivity contribution < 1.29 is 14.3 Å². The molecule has 4 nitrogen and oxygen atoms in total. The monoisotopic (exact) mass is 297 g/mol. The van der Waals surface area contributed by atoms with E-state index in [0.29, 0.717) is 30.6 Å². The number of hydrogen-bond donors (Lipinski definition) is 0. The van der Waals surface area contributed by atoms with Crippen LogP contribution >= 0.6 is 0 Å². The Morgan fingerprint density at radius 2 is 1.73 bits per heavy atom. The van der Waals surface area contributed by atoms with Gasteiger partial charge in [0.25, 0.3) is 0 Å². The lowest BCUT2D eigenvalue weighted by Gasteiger charge is -2.04. The molecule has 4 heteroatoms. The summed E-state index contributed by atoms with van der Waals surface area (Å²) in [5.41, 5.74) is 3.06. The van der Waals surface area contributed by atoms with Crippen LogP contribution < -0.4 is 0 Å². The van der Waals surface area contributed by atoms with Crippen molar-refractivity contribution >= 4 is 11.8 Å². The number of aromatic nitrogens is 1. The highest BCUT2D eigenvalue weighted by atomic mass is 16.5. The largest absolute Gasteiger partial charge is 0.462 e. The van der Waals surface area contributed by atoms with Crippen LogP contribution in [0.25, 0.3) is 0 Å². The fourth-order valence-electron chi connectivity index (χ4n) is 2.03. The van der Waals surface area contributed by atoms with Crippen LogP contribution in [0.3, 0.4) is 0 Å². The maximum absolute atomic E-state index is 12.1. The van der Waals surface area contributed by atoms with Crippen LogP contribution in [-0.2, 0) is 11.2 Å². The van der Waals surface area contributed by atoms with Gasteiger partial charge in [-0.05, 0) is 32.4 Å². The van der Waals surface area contributed by atoms with Crippen molar-refractivity contribution in [2.75, 3.05) is 6.61 Å². The topological polar surface area (TPSA) is 56.3 Å². The first-order valence-corrected chi connectivity index (χ1v) is 7.32. The maximum atomic E-state index is 12.1. The summed E-state index contributed by atoms with van der Waals surface area (Å²) >= 11 is 0. The zero-order chi connectivity index (χ0) is 15.9. The Morgan fingerprint density at radius 1 is 1.05 bits per heavy atom. The second-order valence-corrected chi connectivity index (χ2v) is 5.05. The van der Waals surface area contributed by atoms with Crippen molar-refractivity contribution in [3.05, 3.63) is 65.0 Å². The van der Waals surface area contributed by atoms with Crippen molar-refractivity contribution in [2.24, 2.45) is 0 Å². The number of esters is 1. The number of nitrogens with zero attached hydrogens (tertiary/aromatic N) is 1. The van der Waals surface area contributed by atoms with Gasteiger partial charge in [-0.15, -0.1) is 0 Å². The molecule has 0 bridgehead atoms. The number of ketones is 1. The van der Waals surface area contributed by atoms with Crippen LogP contribution in [0.2, 0.25) is 0 Å². The fourth-order valence-corrected chi connectivity index (χ4v) is 2.03. The van der Waals surface area contributed by atoms with Gasteiger partial charge < -0.3 is 4.74 Å². The molecule has 1 aromatic heterocycles. The molecule has 0 atom stereocenters. The van der Waals surface area contributed by atoms with E-state index in [-0.39, 0.29) is 11.8 Å². The summed E-state index contributed by atoms with van der Waals surface area (Å²) in [7, 11) is 0. The lowest BCUT2D eigenvalue weighted by molar-refractivity contribution is 0.0525. The number of pyridine rings is 1. The molecule has 0 aliphatic heterocycles. The van der Waals surface area contributed by atoms with Crippen LogP contribution in [0.15, 0.2) is 42.6 Å². The molecule has 0 aliphatic carbocycles. The standard InChI is InChI=1S/C18H19NO3/c1-3-22-18(21)15-8-9-16(19-12-15)10-11-17(20)14-6-4-13(2)5-7-14/h4-9,12H,3,10-11H2,1-2H3. The van der Waals surface area contributed by atoms with Gasteiger partial charge in [0, 0.05) is 23.9 Å². The summed E-state index contributed by atoms with van der Waals surface area (Å²) in [4.78, 5) is 27.8. The lowest BCUT2D eigenvalue weighted by Crippen LogP contribution is -2.06. The Balaban J connectivity index is 1.92. The minimum Gasteiger partial charge on any atom is -0.462 e. The first-order valence-electron chi connectivity index (χ1n) is 7.32. The van der Waals surface area contributed by atoms with Gasteiger partial charge in [0.2, 0.25) is 0 Å². The van der Waals surface area contributed by atoms with E-state index < -0.39 is 0 Å². The van der Waals surface area contributed by atoms with Crippen molar-refractivity contribution in [2.45, 2.75) is 26.7 Å². The highest BCUT2D eigenvalue weighted by molar-refractivity contribution is 5.96. The van der Waals surface area contributed by atoms with Gasteiger partial charge >= 0.3 is 5.97 Å². The quantitative estimate of drug-likeness (QED) is 0.606. The van der Waals surface area contributed by atoms with E-state index >= 15 is 0 Å². The zero-order valence-electron chi connectivity index (χ0n) is 12.8. The van der Waals surface area contributed by atoms with Crippen LogP contribution in [0.5, 0.6) is 0 Å². The molecule has 0 fully saturated rings. The van der Waals surface area contributed by atoms with E-state index in [1.165, 1.54) is 6.20 Å². The first-order chi connectivity index (χ1) is 10.6. The molecule has 0 N–H and O–H groups in total. The number of carbonyl (C=O) groups excluding carboxylic acids is 2. The summed E-state index contributed by atoms with van der Waals surface area (Å²) in [5, 5.41) is 0. The molecule has 114 valence electrons. The molecule has 2 rings (SSSR count). The molecule has 0 amide bonds. The normalized spacial score (nSPS) is 10.3. The molecular weight excluding hydrogens is 278 g/mol. The van der Waals surface area contributed by atoms with Gasteiger partial charge in [0.1, 0.15) is 0 Å². The number of hydrogen-bond acceptors (Lipinski definition) is 4. The maximum Gasteiger partial charge on any atom is 0.339 e. The summed E-state index contributed by atoms with van der Waals surface area (Å²) in [6.07, 6.45) is 2.44. The highest BCUT2D eigenvalue weighted by Crippen LogP contribution is 2.10. The molecule has 22 heavy (non-hydrogen) atoms. The molecule has 0 unspecified atom stereocenters. The number of carbonyl (C=O) groups is 2. The molecule has 1 heterocycles. The molecule has 0 spiro atoms. The highest BCUT2D eigenvalue weighted by Gasteiger charge is 2.09. The van der Waals surface area contributed by atoms with Gasteiger partial charge in [-0.1, -0.05) is 29.8 Å². The number of rotatable bonds is 6. The lowest BCUT2D eigenvalue weighted by atomic mass is 10.0. The van der Waals surface area contributed by atoms with E-state index in [0.717, 1.165) is 11.3 Å². The number of benzene rings is 1. The Kier molecular flexibility index (Phi) is 5.42. The third-order valence-electron chi connectivity index (χ3n) is 3.32. The van der Waals surface area contributed by atoms with Crippen LogP contribution in [-0.4, -0.2) is 23.3 Å². The van der Waals surface area contributed by atoms with E-state index in [2.05, 4.69) is 4.98 Å². The second-order valence-electron chi connectivity index (χ2n) is 5.05. The van der Waals surface area contributed by atoms with Crippen molar-refractivity contribution in [3.8, 4) is 0 Å². The summed E-state index contributed by atoms with van der Waals surface area (Å²) in [6.45, 7) is 4.09. The van der Waals surface area contributed by atoms with Gasteiger partial charge in [0.05, 0.1) is 12.2 Å². The third-order valence-corrected chi connectivity index (χ3v) is 3.32. The molecule has 1 aromatic carbocycles. The Hall–Kier alpha value is -2.49. The van der Waals surface area contributed by atoms with E-state index in [1.54, 1.807) is 19.1 Å². The first kappa shape index (κ1) is 15.9. The Labute approximate surface area is 130 Å². The minimum absolute atomic E-state index is 0.0938. The van der Waals surface area contributed by atoms with Crippen LogP contribution in [0, 0.1) is 6.92 Å². The fraction of sp³-hybridized carbons (Fsp3) is 0.278. The van der Waals surface area contributed by atoms with Gasteiger partial charge in [0.15, 0.2) is 5.78 Å². The molecule has 2 aromatic rings. The predicted molar refractivity (Wildman–Crippen MR) is 84.0 cm³/mol. The molecular formula is C18H19NO3. The third kappa shape index (κ3) is 4.25. The Morgan fingerprint density at radius 3 is 2.32 bits per heavy atom. The average molecular weight is 297 g/mol. The number of aryl methyl sites for hydroxylation is 2. The molecule has 0 saturated carbocycles. The van der Waals surface area contributed by atoms with E-state index in [9.17, 15) is 9.59 Å². The zero-order valence-corrected chi connectivity index (χ0v) is 12.8. The predicted octanol–water partition coefficient (Wildman–Crippen LogP) is 3.38. The van der Waals surface area contributed by atoms with Gasteiger partial charge in [-0.25, -0.2) is 4.79 Å². The van der Waals surface area contributed by atoms with Crippen LogP contribution in [0.4, 0.5) is 0 Å². The summed E-state index contributed by atoms with van der Waals surface area (Å²) in [5.74, 6) is -0.284. The minimum atomic E-state index is -0.378. The van der Waals surface area contributed by atoms with Gasteiger partial charge in [-0.2, -0.15) is 0 Å². The van der Waals surface area contributed by atoms with Gasteiger partial charge in [-0.3, -0.25) is 9.78 Å².